The van der Waals surface area contributed by atoms with Crippen molar-refractivity contribution in [1.82, 2.24) is 4.72 Å². The standard InChI is InChI=1S/C31H39ClN2O6S/c32-25-8-5-24-20-40-28-10-7-22-17-27(28)34(13-2-1-4-21(24)16-25)19-23-6-9-26(23)29-18-31(36,12-14-39-29)11-3-15-41(37,38)33-30(22)35/h5,7-8,10,16-17,23,26,29,36H,1-4,6,9,11-15,18-20H2,(H,33,35)/t23-,26+,29+,31-/m0/s1. The number of halogens is 1. The van der Waals surface area contributed by atoms with E-state index in [-0.39, 0.29) is 23.8 Å². The topological polar surface area (TPSA) is 105 Å². The molecule has 2 aromatic rings. The summed E-state index contributed by atoms with van der Waals surface area (Å²) in [7, 11) is -3.87. The number of anilines is 1. The Bertz CT molecular complexity index is 1400. The van der Waals surface area contributed by atoms with Gasteiger partial charge in [0.1, 0.15) is 12.4 Å². The zero-order valence-electron chi connectivity index (χ0n) is 23.3. The number of fused-ring (bicyclic) bond motifs is 6. The Morgan fingerprint density at radius 3 is 2.76 bits per heavy atom. The molecule has 3 heterocycles. The number of hydrogen-bond acceptors (Lipinski definition) is 7. The highest BCUT2D eigenvalue weighted by Crippen LogP contribution is 2.45. The summed E-state index contributed by atoms with van der Waals surface area (Å²) in [5.74, 6) is 0.511. The predicted octanol–water partition coefficient (Wildman–Crippen LogP) is 4.85. The molecule has 0 radical (unpaired) electrons. The first-order valence-electron chi connectivity index (χ1n) is 14.9. The summed E-state index contributed by atoms with van der Waals surface area (Å²) in [4.78, 5) is 15.5. The average molecular weight is 603 g/mol. The maximum absolute atomic E-state index is 13.2. The molecule has 6 rings (SSSR count). The third-order valence-electron chi connectivity index (χ3n) is 9.43. The van der Waals surface area contributed by atoms with E-state index >= 15 is 0 Å². The van der Waals surface area contributed by atoms with Crippen LogP contribution in [0.4, 0.5) is 5.69 Å². The molecule has 1 amide bonds. The number of ether oxygens (including phenoxy) is 2. The maximum atomic E-state index is 13.2. The van der Waals surface area contributed by atoms with Gasteiger partial charge in [0.2, 0.25) is 10.0 Å². The number of aryl methyl sites for hydroxylation is 1. The summed E-state index contributed by atoms with van der Waals surface area (Å²) >= 11 is 6.31. The van der Waals surface area contributed by atoms with E-state index in [9.17, 15) is 18.3 Å². The van der Waals surface area contributed by atoms with Crippen LogP contribution in [-0.4, -0.2) is 56.6 Å². The Morgan fingerprint density at radius 1 is 1.05 bits per heavy atom. The van der Waals surface area contributed by atoms with Crippen LogP contribution in [0.25, 0.3) is 0 Å². The fourth-order valence-electron chi connectivity index (χ4n) is 6.95. The van der Waals surface area contributed by atoms with Gasteiger partial charge in [-0.15, -0.1) is 0 Å². The number of rotatable bonds is 0. The van der Waals surface area contributed by atoms with Gasteiger partial charge in [-0.2, -0.15) is 0 Å². The second-order valence-electron chi connectivity index (χ2n) is 12.2. The van der Waals surface area contributed by atoms with Gasteiger partial charge in [0.15, 0.2) is 0 Å². The van der Waals surface area contributed by atoms with Gasteiger partial charge < -0.3 is 19.5 Å². The van der Waals surface area contributed by atoms with Gasteiger partial charge in [-0.3, -0.25) is 4.79 Å². The number of carbonyl (C=O) groups excluding carboxylic acids is 1. The molecule has 1 saturated heterocycles. The fraction of sp³-hybridized carbons (Fsp3) is 0.581. The van der Waals surface area contributed by atoms with Crippen LogP contribution in [0.1, 0.15) is 72.9 Å². The zero-order valence-corrected chi connectivity index (χ0v) is 24.9. The summed E-state index contributed by atoms with van der Waals surface area (Å²) in [5, 5.41) is 12.1. The lowest BCUT2D eigenvalue weighted by Crippen LogP contribution is -2.50. The lowest BCUT2D eigenvalue weighted by molar-refractivity contribution is -0.144. The Kier molecular flexibility index (Phi) is 8.24. The number of nitrogens with one attached hydrogen (secondary N) is 1. The molecule has 1 saturated carbocycles. The van der Waals surface area contributed by atoms with Crippen molar-refractivity contribution < 1.29 is 27.8 Å². The fourth-order valence-corrected chi connectivity index (χ4v) is 8.18. The van der Waals surface area contributed by atoms with Crippen LogP contribution in [0, 0.1) is 11.8 Å². The quantitative estimate of drug-likeness (QED) is 0.444. The van der Waals surface area contributed by atoms with Crippen LogP contribution in [0.5, 0.6) is 5.75 Å². The van der Waals surface area contributed by atoms with E-state index in [2.05, 4.69) is 9.62 Å². The summed E-state index contributed by atoms with van der Waals surface area (Å²) in [6.45, 7) is 2.39. The van der Waals surface area contributed by atoms with Crippen LogP contribution in [0.15, 0.2) is 36.4 Å². The van der Waals surface area contributed by atoms with E-state index in [1.165, 1.54) is 5.56 Å². The molecule has 222 valence electrons. The van der Waals surface area contributed by atoms with Crippen molar-refractivity contribution >= 4 is 33.2 Å². The highest BCUT2D eigenvalue weighted by molar-refractivity contribution is 7.90. The number of benzene rings is 2. The zero-order chi connectivity index (χ0) is 28.6. The minimum Gasteiger partial charge on any atom is -0.487 e. The molecule has 4 atom stereocenters. The highest BCUT2D eigenvalue weighted by atomic mass is 35.5. The molecular formula is C31H39ClN2O6S. The van der Waals surface area contributed by atoms with Gasteiger partial charge in [-0.25, -0.2) is 13.1 Å². The summed E-state index contributed by atoms with van der Waals surface area (Å²) < 4.78 is 40.5. The molecule has 2 aromatic carbocycles. The summed E-state index contributed by atoms with van der Waals surface area (Å²) in [6.07, 6.45) is 6.57. The molecule has 10 heteroatoms. The smallest absolute Gasteiger partial charge is 0.264 e. The van der Waals surface area contributed by atoms with Crippen molar-refractivity contribution in [2.45, 2.75) is 76.1 Å². The van der Waals surface area contributed by atoms with E-state index in [1.54, 1.807) is 18.2 Å². The normalized spacial score (nSPS) is 30.3. The van der Waals surface area contributed by atoms with E-state index in [0.29, 0.717) is 55.1 Å². The molecule has 8 nitrogen and oxygen atoms in total. The third kappa shape index (κ3) is 6.53. The highest BCUT2D eigenvalue weighted by Gasteiger charge is 2.44. The van der Waals surface area contributed by atoms with E-state index in [1.807, 2.05) is 18.2 Å². The van der Waals surface area contributed by atoms with Gasteiger partial charge in [-0.05, 0) is 105 Å². The van der Waals surface area contributed by atoms with Crippen LogP contribution < -0.4 is 14.4 Å². The number of hydrogen-bond donors (Lipinski definition) is 2. The molecule has 3 aliphatic heterocycles. The van der Waals surface area contributed by atoms with E-state index in [0.717, 1.165) is 56.4 Å². The van der Waals surface area contributed by atoms with Crippen LogP contribution in [0.3, 0.4) is 0 Å². The number of carbonyl (C=O) groups is 1. The van der Waals surface area contributed by atoms with Crippen molar-refractivity contribution in [2.24, 2.45) is 11.8 Å². The van der Waals surface area contributed by atoms with Crippen LogP contribution >= 0.6 is 11.6 Å². The minimum atomic E-state index is -3.87. The van der Waals surface area contributed by atoms with Crippen LogP contribution in [0.2, 0.25) is 5.02 Å². The molecule has 4 aliphatic rings. The third-order valence-corrected chi connectivity index (χ3v) is 11.0. The van der Waals surface area contributed by atoms with E-state index < -0.39 is 21.5 Å². The van der Waals surface area contributed by atoms with Gasteiger partial charge in [0.25, 0.3) is 5.91 Å². The van der Waals surface area contributed by atoms with Crippen LogP contribution in [-0.2, 0) is 27.8 Å². The van der Waals surface area contributed by atoms with Gasteiger partial charge in [-0.1, -0.05) is 17.7 Å². The Hall–Kier alpha value is -2.33. The minimum absolute atomic E-state index is 0.0399. The van der Waals surface area contributed by atoms with Crippen molar-refractivity contribution in [3.63, 3.8) is 0 Å². The number of sulfonamides is 1. The number of amides is 1. The molecule has 0 aromatic heterocycles. The number of aliphatic hydroxyl groups is 1. The summed E-state index contributed by atoms with van der Waals surface area (Å²) in [5.41, 5.74) is 2.39. The molecule has 1 aliphatic carbocycles. The van der Waals surface area contributed by atoms with Gasteiger partial charge in [0.05, 0.1) is 23.1 Å². The lowest BCUT2D eigenvalue weighted by atomic mass is 9.67. The maximum Gasteiger partial charge on any atom is 0.264 e. The van der Waals surface area contributed by atoms with Crippen molar-refractivity contribution in [3.05, 3.63) is 58.1 Å². The monoisotopic (exact) mass is 602 g/mol. The SMILES string of the molecule is O=C1NS(=O)(=O)CCC[C@]2(O)CCO[C@H](C2)[C@@H]2CC[C@H]2CN2CCCCc3cc(Cl)ccc3COc3ccc1cc32. The number of nitrogens with zero attached hydrogens (tertiary/aromatic N) is 1. The van der Waals surface area contributed by atoms with Crippen molar-refractivity contribution in [2.75, 3.05) is 30.3 Å². The Balaban J connectivity index is 1.36. The largest absolute Gasteiger partial charge is 0.487 e. The Morgan fingerprint density at radius 2 is 1.93 bits per heavy atom. The second kappa shape index (κ2) is 11.7. The first-order valence-corrected chi connectivity index (χ1v) is 16.9. The van der Waals surface area contributed by atoms with Gasteiger partial charge in [0, 0.05) is 36.7 Å². The van der Waals surface area contributed by atoms with E-state index in [4.69, 9.17) is 21.1 Å². The molecule has 4 bridgehead atoms. The average Bonchev–Trinajstić information content (AvgIpc) is 2.93. The molecule has 41 heavy (non-hydrogen) atoms. The molecule has 2 fully saturated rings. The van der Waals surface area contributed by atoms with Gasteiger partial charge >= 0.3 is 0 Å². The summed E-state index contributed by atoms with van der Waals surface area (Å²) in [6, 6.07) is 11.1. The molecule has 0 unspecified atom stereocenters. The lowest BCUT2D eigenvalue weighted by Gasteiger charge is -2.48. The molecule has 0 spiro atoms. The van der Waals surface area contributed by atoms with Crippen molar-refractivity contribution in [1.29, 1.82) is 0 Å². The second-order valence-corrected chi connectivity index (χ2v) is 14.5. The predicted molar refractivity (Wildman–Crippen MR) is 158 cm³/mol. The molecule has 2 N–H and O–H groups in total. The first kappa shape index (κ1) is 28.8. The first-order chi connectivity index (χ1) is 19.7. The van der Waals surface area contributed by atoms with Crippen molar-refractivity contribution in [3.8, 4) is 5.75 Å². The Labute approximate surface area is 247 Å². The molecular weight excluding hydrogens is 564 g/mol.